The number of pyridine rings is 1. The highest BCUT2D eigenvalue weighted by Gasteiger charge is 2.14. The number of aryl methyl sites for hydroxylation is 1. The van der Waals surface area contributed by atoms with E-state index in [-0.39, 0.29) is 0 Å². The smallest absolute Gasteiger partial charge is 0.227 e. The minimum atomic E-state index is 0.496. The average Bonchev–Trinajstić information content (AvgIpc) is 3.26. The van der Waals surface area contributed by atoms with E-state index in [9.17, 15) is 0 Å². The van der Waals surface area contributed by atoms with Crippen LogP contribution in [0.5, 0.6) is 5.75 Å². The molecule has 0 atom stereocenters. The summed E-state index contributed by atoms with van der Waals surface area (Å²) >= 11 is 0. The Kier molecular flexibility index (Phi) is 3.89. The number of aromatic nitrogens is 5. The summed E-state index contributed by atoms with van der Waals surface area (Å²) in [6.45, 7) is 0.564. The molecule has 7 nitrogen and oxygen atoms in total. The molecule has 3 aromatic heterocycles. The molecular weight excluding hydrogens is 306 g/mol. The Balaban J connectivity index is 1.38. The lowest BCUT2D eigenvalue weighted by molar-refractivity contribution is 0.297. The number of para-hydroxylation sites is 1. The Morgan fingerprint density at radius 2 is 2.08 bits per heavy atom. The lowest BCUT2D eigenvalue weighted by Gasteiger charge is -2.03. The number of ether oxygens (including phenoxy) is 1. The molecule has 4 rings (SSSR count). The molecule has 0 saturated carbocycles. The van der Waals surface area contributed by atoms with Gasteiger partial charge in [0.05, 0.1) is 18.3 Å². The van der Waals surface area contributed by atoms with Gasteiger partial charge in [-0.05, 0) is 24.6 Å². The van der Waals surface area contributed by atoms with E-state index in [0.717, 1.165) is 23.1 Å². The molecule has 0 spiro atoms. The molecule has 0 radical (unpaired) electrons. The van der Waals surface area contributed by atoms with Crippen molar-refractivity contribution in [2.24, 2.45) is 0 Å². The molecule has 0 fully saturated rings. The number of nitrogens with one attached hydrogen (secondary N) is 1. The fourth-order valence-corrected chi connectivity index (χ4v) is 2.43. The van der Waals surface area contributed by atoms with E-state index in [4.69, 9.17) is 9.26 Å². The second-order valence-electron chi connectivity index (χ2n) is 5.27. The molecule has 0 amide bonds. The van der Waals surface area contributed by atoms with Gasteiger partial charge in [-0.1, -0.05) is 23.4 Å². The molecule has 4 aromatic rings. The number of benzene rings is 1. The molecule has 0 saturated heterocycles. The van der Waals surface area contributed by atoms with Crippen molar-refractivity contribution in [3.8, 4) is 17.3 Å². The first kappa shape index (κ1) is 14.4. The summed E-state index contributed by atoms with van der Waals surface area (Å²) in [7, 11) is 0. The highest BCUT2D eigenvalue weighted by molar-refractivity contribution is 5.90. The molecule has 0 unspecified atom stereocenters. The SMILES string of the molecule is c1cncc(OCCCc2nc(-c3n[nH]c4ccccc34)no2)c1. The Bertz CT molecular complexity index is 932. The van der Waals surface area contributed by atoms with Gasteiger partial charge in [0.15, 0.2) is 0 Å². The number of nitrogens with zero attached hydrogens (tertiary/aromatic N) is 4. The van der Waals surface area contributed by atoms with Crippen LogP contribution in [0.25, 0.3) is 22.4 Å². The number of H-pyrrole nitrogens is 1. The minimum absolute atomic E-state index is 0.496. The van der Waals surface area contributed by atoms with E-state index in [1.807, 2.05) is 36.4 Å². The first-order chi connectivity index (χ1) is 11.9. The summed E-state index contributed by atoms with van der Waals surface area (Å²) in [5.41, 5.74) is 1.65. The van der Waals surface area contributed by atoms with Crippen molar-refractivity contribution in [3.05, 3.63) is 54.7 Å². The normalized spacial score (nSPS) is 11.0. The van der Waals surface area contributed by atoms with Crippen LogP contribution in [-0.2, 0) is 6.42 Å². The van der Waals surface area contributed by atoms with Crippen LogP contribution in [0.15, 0.2) is 53.3 Å². The van der Waals surface area contributed by atoms with Gasteiger partial charge in [0.1, 0.15) is 11.4 Å². The van der Waals surface area contributed by atoms with Gasteiger partial charge in [-0.3, -0.25) is 10.1 Å². The summed E-state index contributed by atoms with van der Waals surface area (Å²) in [6.07, 6.45) is 4.83. The van der Waals surface area contributed by atoms with Gasteiger partial charge < -0.3 is 9.26 Å². The zero-order chi connectivity index (χ0) is 16.2. The van der Waals surface area contributed by atoms with Crippen LogP contribution in [0.4, 0.5) is 0 Å². The average molecular weight is 321 g/mol. The summed E-state index contributed by atoms with van der Waals surface area (Å²) in [6, 6.07) is 11.6. The van der Waals surface area contributed by atoms with Gasteiger partial charge in [0, 0.05) is 18.0 Å². The maximum atomic E-state index is 5.59. The van der Waals surface area contributed by atoms with E-state index in [0.29, 0.717) is 30.4 Å². The van der Waals surface area contributed by atoms with E-state index >= 15 is 0 Å². The summed E-state index contributed by atoms with van der Waals surface area (Å²) in [4.78, 5) is 8.42. The van der Waals surface area contributed by atoms with Gasteiger partial charge in [0.2, 0.25) is 11.7 Å². The summed E-state index contributed by atoms with van der Waals surface area (Å²) in [5.74, 6) is 1.83. The Morgan fingerprint density at radius 3 is 3.00 bits per heavy atom. The minimum Gasteiger partial charge on any atom is -0.492 e. The van der Waals surface area contributed by atoms with Crippen LogP contribution in [-0.4, -0.2) is 31.9 Å². The summed E-state index contributed by atoms with van der Waals surface area (Å²) < 4.78 is 10.9. The molecular formula is C17H15N5O2. The van der Waals surface area contributed by atoms with Crippen molar-refractivity contribution in [2.75, 3.05) is 6.61 Å². The van der Waals surface area contributed by atoms with Crippen molar-refractivity contribution in [2.45, 2.75) is 12.8 Å². The largest absolute Gasteiger partial charge is 0.492 e. The third-order valence-electron chi connectivity index (χ3n) is 3.59. The Labute approximate surface area is 137 Å². The highest BCUT2D eigenvalue weighted by atomic mass is 16.5. The number of hydrogen-bond donors (Lipinski definition) is 1. The predicted molar refractivity (Wildman–Crippen MR) is 87.4 cm³/mol. The molecule has 0 aliphatic carbocycles. The molecule has 120 valence electrons. The molecule has 1 N–H and O–H groups in total. The second-order valence-corrected chi connectivity index (χ2v) is 5.27. The lowest BCUT2D eigenvalue weighted by Crippen LogP contribution is -1.99. The number of aromatic amines is 1. The molecule has 0 bridgehead atoms. The van der Waals surface area contributed by atoms with Crippen molar-refractivity contribution in [3.63, 3.8) is 0 Å². The topological polar surface area (TPSA) is 89.7 Å². The van der Waals surface area contributed by atoms with Gasteiger partial charge in [0.25, 0.3) is 0 Å². The second kappa shape index (κ2) is 6.49. The fourth-order valence-electron chi connectivity index (χ4n) is 2.43. The predicted octanol–water partition coefficient (Wildman–Crippen LogP) is 3.02. The zero-order valence-electron chi connectivity index (χ0n) is 12.8. The molecule has 0 aliphatic rings. The highest BCUT2D eigenvalue weighted by Crippen LogP contribution is 2.23. The first-order valence-electron chi connectivity index (χ1n) is 7.69. The maximum absolute atomic E-state index is 5.59. The van der Waals surface area contributed by atoms with Crippen LogP contribution in [0.3, 0.4) is 0 Å². The van der Waals surface area contributed by atoms with Gasteiger partial charge >= 0.3 is 0 Å². The van der Waals surface area contributed by atoms with Gasteiger partial charge in [-0.25, -0.2) is 0 Å². The quantitative estimate of drug-likeness (QED) is 0.549. The zero-order valence-corrected chi connectivity index (χ0v) is 12.8. The van der Waals surface area contributed by atoms with Crippen molar-refractivity contribution in [1.82, 2.24) is 25.3 Å². The Hall–Kier alpha value is -3.22. The first-order valence-corrected chi connectivity index (χ1v) is 7.69. The monoisotopic (exact) mass is 321 g/mol. The van der Waals surface area contributed by atoms with Crippen molar-refractivity contribution >= 4 is 10.9 Å². The number of rotatable bonds is 6. The third kappa shape index (κ3) is 2.96. The van der Waals surface area contributed by atoms with E-state index in [1.165, 1.54) is 0 Å². The van der Waals surface area contributed by atoms with Gasteiger partial charge in [-0.15, -0.1) is 0 Å². The lowest BCUT2D eigenvalue weighted by atomic mass is 10.2. The van der Waals surface area contributed by atoms with E-state index in [2.05, 4.69) is 25.3 Å². The Morgan fingerprint density at radius 1 is 1.12 bits per heavy atom. The van der Waals surface area contributed by atoms with Crippen LogP contribution in [0.1, 0.15) is 12.3 Å². The molecule has 7 heteroatoms. The molecule has 1 aromatic carbocycles. The fraction of sp³-hybridized carbons (Fsp3) is 0.176. The molecule has 3 heterocycles. The van der Waals surface area contributed by atoms with E-state index < -0.39 is 0 Å². The molecule has 0 aliphatic heterocycles. The van der Waals surface area contributed by atoms with Crippen LogP contribution in [0, 0.1) is 0 Å². The standard InChI is InChI=1S/C17H15N5O2/c1-2-7-14-13(6-1)16(21-20-14)17-19-15(24-22-17)8-4-10-23-12-5-3-9-18-11-12/h1-3,5-7,9,11H,4,8,10H2,(H,20,21). The maximum Gasteiger partial charge on any atom is 0.227 e. The number of fused-ring (bicyclic) bond motifs is 1. The summed E-state index contributed by atoms with van der Waals surface area (Å²) in [5, 5.41) is 12.2. The van der Waals surface area contributed by atoms with Crippen molar-refractivity contribution < 1.29 is 9.26 Å². The third-order valence-corrected chi connectivity index (χ3v) is 3.59. The van der Waals surface area contributed by atoms with Crippen LogP contribution >= 0.6 is 0 Å². The van der Waals surface area contributed by atoms with Gasteiger partial charge in [-0.2, -0.15) is 10.1 Å². The molecule has 24 heavy (non-hydrogen) atoms. The van der Waals surface area contributed by atoms with E-state index in [1.54, 1.807) is 12.4 Å². The van der Waals surface area contributed by atoms with Crippen LogP contribution < -0.4 is 4.74 Å². The number of hydrogen-bond acceptors (Lipinski definition) is 6. The van der Waals surface area contributed by atoms with Crippen LogP contribution in [0.2, 0.25) is 0 Å². The van der Waals surface area contributed by atoms with Crippen molar-refractivity contribution in [1.29, 1.82) is 0 Å².